The first-order chi connectivity index (χ1) is 14.0. The SMILES string of the molecule is Cc1ccc(N2CC(c3nnc(NC(=O)Nc4ccc(Cl)cc4)o3)CC2=O)cc1. The molecule has 0 radical (unpaired) electrons. The van der Waals surface area contributed by atoms with Crippen LogP contribution in [0.4, 0.5) is 22.2 Å². The van der Waals surface area contributed by atoms with Crippen molar-refractivity contribution in [2.75, 3.05) is 22.1 Å². The summed E-state index contributed by atoms with van der Waals surface area (Å²) in [6.07, 6.45) is 0.270. The second-order valence-corrected chi connectivity index (χ2v) is 7.21. The number of rotatable bonds is 4. The fourth-order valence-corrected chi connectivity index (χ4v) is 3.22. The Bertz CT molecular complexity index is 1030. The number of hydrogen-bond donors (Lipinski definition) is 2. The van der Waals surface area contributed by atoms with Crippen LogP contribution in [0.5, 0.6) is 0 Å². The maximum atomic E-state index is 12.4. The van der Waals surface area contributed by atoms with E-state index < -0.39 is 6.03 Å². The Morgan fingerprint density at radius 2 is 1.83 bits per heavy atom. The molecule has 1 fully saturated rings. The fourth-order valence-electron chi connectivity index (χ4n) is 3.09. The average molecular weight is 412 g/mol. The van der Waals surface area contributed by atoms with Gasteiger partial charge in [-0.2, -0.15) is 0 Å². The first kappa shape index (κ1) is 18.9. The monoisotopic (exact) mass is 411 g/mol. The Balaban J connectivity index is 1.38. The van der Waals surface area contributed by atoms with Gasteiger partial charge in [-0.1, -0.05) is 34.4 Å². The molecule has 2 heterocycles. The number of hydrogen-bond acceptors (Lipinski definition) is 5. The van der Waals surface area contributed by atoms with Crippen molar-refractivity contribution in [2.24, 2.45) is 0 Å². The number of urea groups is 1. The number of carbonyl (C=O) groups excluding carboxylic acids is 2. The summed E-state index contributed by atoms with van der Waals surface area (Å²) in [5.74, 6) is 0.0768. The van der Waals surface area contributed by atoms with Crippen LogP contribution >= 0.6 is 11.6 Å². The van der Waals surface area contributed by atoms with E-state index in [1.165, 1.54) is 0 Å². The van der Waals surface area contributed by atoms with Crippen molar-refractivity contribution >= 4 is 40.9 Å². The molecule has 2 aromatic carbocycles. The number of amides is 3. The lowest BCUT2D eigenvalue weighted by molar-refractivity contribution is -0.117. The van der Waals surface area contributed by atoms with Crippen molar-refractivity contribution in [1.82, 2.24) is 10.2 Å². The molecule has 148 valence electrons. The summed E-state index contributed by atoms with van der Waals surface area (Å²) in [5.41, 5.74) is 2.53. The molecular weight excluding hydrogens is 394 g/mol. The Morgan fingerprint density at radius 1 is 1.10 bits per heavy atom. The van der Waals surface area contributed by atoms with Gasteiger partial charge in [0.2, 0.25) is 11.8 Å². The predicted octanol–water partition coefficient (Wildman–Crippen LogP) is 4.20. The van der Waals surface area contributed by atoms with Gasteiger partial charge in [0, 0.05) is 29.4 Å². The number of aromatic nitrogens is 2. The highest BCUT2D eigenvalue weighted by atomic mass is 35.5. The van der Waals surface area contributed by atoms with Crippen LogP contribution in [0, 0.1) is 6.92 Å². The Morgan fingerprint density at radius 3 is 2.55 bits per heavy atom. The minimum atomic E-state index is -0.522. The number of carbonyl (C=O) groups is 2. The lowest BCUT2D eigenvalue weighted by Crippen LogP contribution is -2.24. The van der Waals surface area contributed by atoms with Crippen LogP contribution < -0.4 is 15.5 Å². The third-order valence-corrected chi connectivity index (χ3v) is 4.84. The van der Waals surface area contributed by atoms with E-state index in [1.54, 1.807) is 29.2 Å². The van der Waals surface area contributed by atoms with Gasteiger partial charge in [-0.25, -0.2) is 4.79 Å². The molecule has 1 aromatic heterocycles. The van der Waals surface area contributed by atoms with Crippen LogP contribution in [0.3, 0.4) is 0 Å². The van der Waals surface area contributed by atoms with Crippen molar-refractivity contribution in [3.05, 3.63) is 65.0 Å². The highest BCUT2D eigenvalue weighted by Gasteiger charge is 2.35. The quantitative estimate of drug-likeness (QED) is 0.670. The van der Waals surface area contributed by atoms with E-state index in [0.717, 1.165) is 11.3 Å². The molecule has 29 heavy (non-hydrogen) atoms. The Kier molecular flexibility index (Phi) is 5.18. The van der Waals surface area contributed by atoms with Gasteiger partial charge in [0.1, 0.15) is 0 Å². The molecule has 0 spiro atoms. The highest BCUT2D eigenvalue weighted by molar-refractivity contribution is 6.30. The molecular formula is C20H18ClN5O3. The third kappa shape index (κ3) is 4.38. The van der Waals surface area contributed by atoms with Crippen LogP contribution in [0.1, 0.15) is 23.8 Å². The maximum Gasteiger partial charge on any atom is 0.327 e. The summed E-state index contributed by atoms with van der Waals surface area (Å²) in [4.78, 5) is 26.2. The van der Waals surface area contributed by atoms with Gasteiger partial charge >= 0.3 is 12.0 Å². The van der Waals surface area contributed by atoms with E-state index in [0.29, 0.717) is 23.1 Å². The van der Waals surface area contributed by atoms with Gasteiger partial charge in [-0.05, 0) is 43.3 Å². The topological polar surface area (TPSA) is 100 Å². The number of halogens is 1. The minimum Gasteiger partial charge on any atom is -0.407 e. The average Bonchev–Trinajstić information content (AvgIpc) is 3.31. The molecule has 0 aliphatic carbocycles. The molecule has 1 saturated heterocycles. The minimum absolute atomic E-state index is 0.00737. The van der Waals surface area contributed by atoms with E-state index in [-0.39, 0.29) is 24.3 Å². The largest absolute Gasteiger partial charge is 0.407 e. The second-order valence-electron chi connectivity index (χ2n) is 6.77. The van der Waals surface area contributed by atoms with Gasteiger partial charge in [0.15, 0.2) is 0 Å². The molecule has 1 aliphatic rings. The van der Waals surface area contributed by atoms with E-state index in [9.17, 15) is 9.59 Å². The molecule has 1 atom stereocenters. The number of anilines is 3. The highest BCUT2D eigenvalue weighted by Crippen LogP contribution is 2.31. The second kappa shape index (κ2) is 7.92. The summed E-state index contributed by atoms with van der Waals surface area (Å²) >= 11 is 5.82. The van der Waals surface area contributed by atoms with E-state index in [4.69, 9.17) is 16.0 Å². The van der Waals surface area contributed by atoms with Crippen LogP contribution in [-0.2, 0) is 4.79 Å². The number of nitrogens with one attached hydrogen (secondary N) is 2. The zero-order valence-corrected chi connectivity index (χ0v) is 16.3. The Labute approximate surface area is 171 Å². The first-order valence-corrected chi connectivity index (χ1v) is 9.40. The number of benzene rings is 2. The van der Waals surface area contributed by atoms with Gasteiger partial charge < -0.3 is 14.6 Å². The molecule has 2 N–H and O–H groups in total. The number of nitrogens with zero attached hydrogens (tertiary/aromatic N) is 3. The van der Waals surface area contributed by atoms with Crippen molar-refractivity contribution in [3.8, 4) is 0 Å². The zero-order chi connectivity index (χ0) is 20.4. The molecule has 0 bridgehead atoms. The third-order valence-electron chi connectivity index (χ3n) is 4.58. The fraction of sp³-hybridized carbons (Fsp3) is 0.200. The van der Waals surface area contributed by atoms with Crippen molar-refractivity contribution in [1.29, 1.82) is 0 Å². The lowest BCUT2D eigenvalue weighted by Gasteiger charge is -2.16. The van der Waals surface area contributed by atoms with Crippen molar-refractivity contribution in [2.45, 2.75) is 19.3 Å². The zero-order valence-electron chi connectivity index (χ0n) is 15.6. The van der Waals surface area contributed by atoms with Crippen LogP contribution in [0.15, 0.2) is 52.9 Å². The standard InChI is InChI=1S/C20H18ClN5O3/c1-12-2-8-16(9-3-12)26-11-13(10-17(26)27)18-24-25-20(29-18)23-19(28)22-15-6-4-14(21)5-7-15/h2-9,13H,10-11H2,1H3,(H2,22,23,25,28). The molecule has 1 aliphatic heterocycles. The molecule has 0 saturated carbocycles. The summed E-state index contributed by atoms with van der Waals surface area (Å²) in [5, 5.41) is 13.5. The molecule has 9 heteroatoms. The Hall–Kier alpha value is -3.39. The smallest absolute Gasteiger partial charge is 0.327 e. The normalized spacial score (nSPS) is 16.1. The summed E-state index contributed by atoms with van der Waals surface area (Å²) in [7, 11) is 0. The summed E-state index contributed by atoms with van der Waals surface area (Å²) in [6.45, 7) is 2.44. The van der Waals surface area contributed by atoms with Crippen molar-refractivity contribution in [3.63, 3.8) is 0 Å². The molecule has 1 unspecified atom stereocenters. The maximum absolute atomic E-state index is 12.4. The van der Waals surface area contributed by atoms with Crippen molar-refractivity contribution < 1.29 is 14.0 Å². The molecule has 3 amide bonds. The first-order valence-electron chi connectivity index (χ1n) is 9.02. The van der Waals surface area contributed by atoms with Gasteiger partial charge in [-0.3, -0.25) is 10.1 Å². The van der Waals surface area contributed by atoms with E-state index in [1.807, 2.05) is 31.2 Å². The van der Waals surface area contributed by atoms with Crippen LogP contribution in [0.25, 0.3) is 0 Å². The molecule has 4 rings (SSSR count). The predicted molar refractivity (Wildman–Crippen MR) is 109 cm³/mol. The lowest BCUT2D eigenvalue weighted by atomic mass is 10.1. The van der Waals surface area contributed by atoms with E-state index >= 15 is 0 Å². The van der Waals surface area contributed by atoms with Crippen LogP contribution in [0.2, 0.25) is 5.02 Å². The molecule has 8 nitrogen and oxygen atoms in total. The summed E-state index contributed by atoms with van der Waals surface area (Å²) < 4.78 is 5.55. The van der Waals surface area contributed by atoms with Gasteiger partial charge in [0.25, 0.3) is 0 Å². The summed E-state index contributed by atoms with van der Waals surface area (Å²) in [6, 6.07) is 13.9. The van der Waals surface area contributed by atoms with E-state index in [2.05, 4.69) is 20.8 Å². The van der Waals surface area contributed by atoms with Gasteiger partial charge in [-0.15, -0.1) is 5.10 Å². The molecule has 3 aromatic rings. The van der Waals surface area contributed by atoms with Crippen LogP contribution in [-0.4, -0.2) is 28.7 Å². The number of aryl methyl sites for hydroxylation is 1. The van der Waals surface area contributed by atoms with Gasteiger partial charge in [0.05, 0.1) is 5.92 Å².